The van der Waals surface area contributed by atoms with Gasteiger partial charge >= 0.3 is 5.97 Å². The molecule has 0 bridgehead atoms. The van der Waals surface area contributed by atoms with Crippen LogP contribution in [0, 0.1) is 15.5 Å². The van der Waals surface area contributed by atoms with Crippen molar-refractivity contribution in [1.29, 1.82) is 5.41 Å². The zero-order valence-corrected chi connectivity index (χ0v) is 30.7. The SMILES string of the molecule is CC=C1C(=N)C(NCCC(=O)NC(Cc2ccccc2)C(=O)NC(Cc2ccccc2)C(=O)NC(CS)C(=O)OC)=CC=C1[N+](=O)[O-].CS.ONO. The molecule has 0 saturated heterocycles. The number of methoxy groups -OCH3 is 1. The van der Waals surface area contributed by atoms with E-state index in [1.54, 1.807) is 49.6 Å². The molecule has 3 rings (SSSR count). The van der Waals surface area contributed by atoms with Crippen LogP contribution in [-0.4, -0.2) is 88.5 Å². The van der Waals surface area contributed by atoms with Crippen molar-refractivity contribution in [2.75, 3.05) is 25.7 Å². The second-order valence-electron chi connectivity index (χ2n) is 10.6. The summed E-state index contributed by atoms with van der Waals surface area (Å²) in [6.45, 7) is 1.68. The van der Waals surface area contributed by atoms with E-state index >= 15 is 0 Å². The number of nitrogens with one attached hydrogen (secondary N) is 6. The van der Waals surface area contributed by atoms with E-state index in [0.717, 1.165) is 16.8 Å². The number of nitro groups is 1. The lowest BCUT2D eigenvalue weighted by molar-refractivity contribution is -0.420. The summed E-state index contributed by atoms with van der Waals surface area (Å²) in [7, 11) is 1.19. The average molecular weight is 760 g/mol. The number of allylic oxidation sites excluding steroid dienone is 5. The van der Waals surface area contributed by atoms with Crippen LogP contribution >= 0.6 is 25.3 Å². The van der Waals surface area contributed by atoms with Gasteiger partial charge in [-0.15, -0.1) is 0 Å². The number of amides is 3. The number of rotatable bonds is 16. The Morgan fingerprint density at radius 3 is 1.81 bits per heavy atom. The predicted molar refractivity (Wildman–Crippen MR) is 201 cm³/mol. The molecule has 1 aliphatic carbocycles. The molecule has 52 heavy (non-hydrogen) atoms. The van der Waals surface area contributed by atoms with Crippen LogP contribution in [0.3, 0.4) is 0 Å². The van der Waals surface area contributed by atoms with Crippen molar-refractivity contribution in [2.45, 2.75) is 44.3 Å². The summed E-state index contributed by atoms with van der Waals surface area (Å²) in [5.41, 5.74) is 2.48. The van der Waals surface area contributed by atoms with E-state index < -0.39 is 46.7 Å². The number of hydrogen-bond donors (Lipinski definition) is 10. The quantitative estimate of drug-likeness (QED) is 0.0513. The fourth-order valence-electron chi connectivity index (χ4n) is 4.77. The van der Waals surface area contributed by atoms with Gasteiger partial charge in [-0.25, -0.2) is 4.79 Å². The summed E-state index contributed by atoms with van der Waals surface area (Å²) < 4.78 is 4.74. The van der Waals surface area contributed by atoms with E-state index in [2.05, 4.69) is 46.5 Å². The fourth-order valence-corrected chi connectivity index (χ4v) is 5.01. The highest BCUT2D eigenvalue weighted by Gasteiger charge is 2.30. The van der Waals surface area contributed by atoms with E-state index in [9.17, 15) is 29.3 Å². The Kier molecular flexibility index (Phi) is 21.7. The molecule has 0 spiro atoms. The van der Waals surface area contributed by atoms with Crippen LogP contribution in [0.2, 0.25) is 0 Å². The number of carbonyl (C=O) groups is 4. The Balaban J connectivity index is 0.00000256. The molecule has 3 unspecified atom stereocenters. The normalized spacial score (nSPS) is 14.3. The Morgan fingerprint density at radius 2 is 1.37 bits per heavy atom. The maximum Gasteiger partial charge on any atom is 0.329 e. The van der Waals surface area contributed by atoms with Crippen molar-refractivity contribution in [1.82, 2.24) is 26.9 Å². The lowest BCUT2D eigenvalue weighted by Gasteiger charge is -2.25. The molecule has 0 heterocycles. The lowest BCUT2D eigenvalue weighted by atomic mass is 9.99. The lowest BCUT2D eigenvalue weighted by Crippen LogP contribution is -2.57. The third-order valence-corrected chi connectivity index (χ3v) is 7.58. The highest BCUT2D eigenvalue weighted by molar-refractivity contribution is 7.80. The number of thiol groups is 2. The second-order valence-corrected chi connectivity index (χ2v) is 10.9. The van der Waals surface area contributed by atoms with E-state index in [4.69, 9.17) is 20.6 Å². The minimum Gasteiger partial charge on any atom is -0.467 e. The third kappa shape index (κ3) is 15.1. The zero-order valence-electron chi connectivity index (χ0n) is 28.9. The molecule has 3 atom stereocenters. The summed E-state index contributed by atoms with van der Waals surface area (Å²) >= 11 is 7.66. The van der Waals surface area contributed by atoms with Gasteiger partial charge in [-0.1, -0.05) is 72.4 Å². The number of carbonyl (C=O) groups excluding carboxylic acids is 4. The van der Waals surface area contributed by atoms with Gasteiger partial charge in [0.25, 0.3) is 5.70 Å². The van der Waals surface area contributed by atoms with Crippen LogP contribution in [-0.2, 0) is 36.8 Å². The first-order valence-electron chi connectivity index (χ1n) is 15.7. The average Bonchev–Trinajstić information content (AvgIpc) is 3.15. The van der Waals surface area contributed by atoms with Gasteiger partial charge in [-0.3, -0.25) is 40.3 Å². The van der Waals surface area contributed by atoms with Gasteiger partial charge in [0.15, 0.2) is 0 Å². The van der Waals surface area contributed by atoms with Crippen molar-refractivity contribution in [2.24, 2.45) is 0 Å². The van der Waals surface area contributed by atoms with Gasteiger partial charge in [0, 0.05) is 37.6 Å². The standard InChI is InChI=1S/C33H38N6O7S.CH4S.H3NO2/c1-3-23-28(39(44)45)15-14-24(30(23)34)35-17-16-29(40)36-25(18-21-10-6-4-7-11-21)31(41)37-26(19-22-12-8-5-9-13-22)32(42)38-27(20-47)33(43)46-2;1-2;2-1-3/h3-15,25-27,34-35,47H,16-20H2,1-2H3,(H,36,40)(H,37,41)(H,38,42);2H,1H3;1-3H. The summed E-state index contributed by atoms with van der Waals surface area (Å²) in [4.78, 5) is 63.0. The highest BCUT2D eigenvalue weighted by Crippen LogP contribution is 2.21. The minimum absolute atomic E-state index is 0.0231. The van der Waals surface area contributed by atoms with Crippen molar-refractivity contribution >= 4 is 54.7 Å². The van der Waals surface area contributed by atoms with Crippen LogP contribution in [0.5, 0.6) is 0 Å². The first-order chi connectivity index (χ1) is 25.0. The van der Waals surface area contributed by atoms with Crippen LogP contribution in [0.4, 0.5) is 0 Å². The molecule has 282 valence electrons. The molecule has 18 heteroatoms. The fraction of sp³-hybridized carbons (Fsp3) is 0.324. The molecule has 1 aliphatic rings. The number of esters is 1. The van der Waals surface area contributed by atoms with Crippen molar-refractivity contribution < 1.29 is 39.3 Å². The predicted octanol–water partition coefficient (Wildman–Crippen LogP) is 1.93. The third-order valence-electron chi connectivity index (χ3n) is 7.21. The highest BCUT2D eigenvalue weighted by atomic mass is 32.1. The van der Waals surface area contributed by atoms with Crippen LogP contribution in [0.1, 0.15) is 24.5 Å². The largest absolute Gasteiger partial charge is 0.467 e. The molecule has 0 fully saturated rings. The van der Waals surface area contributed by atoms with Gasteiger partial charge in [-0.2, -0.15) is 25.3 Å². The van der Waals surface area contributed by atoms with Crippen LogP contribution in [0.25, 0.3) is 0 Å². The Hall–Kier alpha value is -5.01. The summed E-state index contributed by atoms with van der Waals surface area (Å²) in [6, 6.07) is 14.9. The van der Waals surface area contributed by atoms with Gasteiger partial charge in [0.1, 0.15) is 18.1 Å². The Labute approximate surface area is 312 Å². The molecule has 3 amide bonds. The summed E-state index contributed by atoms with van der Waals surface area (Å²) in [5.74, 6) is -2.42. The van der Waals surface area contributed by atoms with Crippen LogP contribution < -0.4 is 26.9 Å². The molecule has 16 nitrogen and oxygen atoms in total. The van der Waals surface area contributed by atoms with Crippen molar-refractivity contribution in [3.8, 4) is 0 Å². The summed E-state index contributed by atoms with van der Waals surface area (Å²) in [5, 5.41) is 44.4. The number of hydrogen-bond acceptors (Lipinski definition) is 14. The van der Waals surface area contributed by atoms with E-state index in [1.165, 1.54) is 25.3 Å². The Morgan fingerprint density at radius 1 is 0.885 bits per heavy atom. The van der Waals surface area contributed by atoms with Crippen molar-refractivity contribution in [3.05, 3.63) is 117 Å². The maximum absolute atomic E-state index is 13.7. The van der Waals surface area contributed by atoms with Gasteiger partial charge in [0.05, 0.1) is 29.0 Å². The zero-order chi connectivity index (χ0) is 39.1. The molecule has 0 radical (unpaired) electrons. The van der Waals surface area contributed by atoms with Crippen molar-refractivity contribution in [3.63, 3.8) is 0 Å². The smallest absolute Gasteiger partial charge is 0.329 e. The molecule has 8 N–H and O–H groups in total. The second kappa shape index (κ2) is 25.0. The van der Waals surface area contributed by atoms with E-state index in [1.807, 2.05) is 24.3 Å². The molecule has 0 aromatic heterocycles. The van der Waals surface area contributed by atoms with Crippen LogP contribution in [0.15, 0.2) is 95.9 Å². The first kappa shape index (κ1) is 45.0. The summed E-state index contributed by atoms with van der Waals surface area (Å²) in [6.07, 6.45) is 6.02. The molecule has 0 aliphatic heterocycles. The minimum atomic E-state index is -1.10. The molecule has 2 aromatic carbocycles. The number of benzene rings is 2. The Bertz CT molecular complexity index is 1590. The van der Waals surface area contributed by atoms with E-state index in [0.29, 0.717) is 5.70 Å². The van der Waals surface area contributed by atoms with Gasteiger partial charge in [0.2, 0.25) is 17.7 Å². The molecular weight excluding hydrogens is 715 g/mol. The van der Waals surface area contributed by atoms with E-state index in [-0.39, 0.29) is 48.5 Å². The molecule has 2 aromatic rings. The first-order valence-corrected chi connectivity index (χ1v) is 17.2. The topological polar surface area (TPSA) is 245 Å². The number of nitrogens with zero attached hydrogens (tertiary/aromatic N) is 1. The monoisotopic (exact) mass is 759 g/mol. The van der Waals surface area contributed by atoms with Gasteiger partial charge < -0.3 is 26.0 Å². The maximum atomic E-state index is 13.7. The number of ether oxygens (including phenoxy) is 1. The molecule has 0 saturated carbocycles. The van der Waals surface area contributed by atoms with Gasteiger partial charge in [-0.05, 0) is 30.4 Å². The molecular formula is C34H45N7O9S2.